The van der Waals surface area contributed by atoms with Crippen molar-refractivity contribution in [3.05, 3.63) is 29.3 Å². The van der Waals surface area contributed by atoms with Gasteiger partial charge < -0.3 is 20.1 Å². The molecule has 1 aliphatic rings. The van der Waals surface area contributed by atoms with Crippen LogP contribution < -0.4 is 10.5 Å². The van der Waals surface area contributed by atoms with E-state index in [0.29, 0.717) is 37.0 Å². The number of hydrogen-bond donors (Lipinski definition) is 1. The molecule has 2 unspecified atom stereocenters. The highest BCUT2D eigenvalue weighted by atomic mass is 35.5. The van der Waals surface area contributed by atoms with E-state index in [-0.39, 0.29) is 24.4 Å². The summed E-state index contributed by atoms with van der Waals surface area (Å²) >= 11 is 5.89. The Morgan fingerprint density at radius 1 is 1.62 bits per heavy atom. The molecular formula is C14H20Cl2N2O3. The van der Waals surface area contributed by atoms with Gasteiger partial charge in [-0.1, -0.05) is 17.7 Å². The molecule has 0 aliphatic carbocycles. The first-order valence-electron chi connectivity index (χ1n) is 6.63. The van der Waals surface area contributed by atoms with Gasteiger partial charge in [0.25, 0.3) is 5.91 Å². The zero-order valence-electron chi connectivity index (χ0n) is 11.8. The van der Waals surface area contributed by atoms with E-state index in [1.807, 2.05) is 0 Å². The highest BCUT2D eigenvalue weighted by molar-refractivity contribution is 6.30. The number of nitrogens with zero attached hydrogens (tertiary/aromatic N) is 1. The average molecular weight is 335 g/mol. The molecule has 1 aromatic rings. The van der Waals surface area contributed by atoms with Crippen LogP contribution in [0.4, 0.5) is 0 Å². The lowest BCUT2D eigenvalue weighted by molar-refractivity contribution is -0.145. The van der Waals surface area contributed by atoms with Crippen LogP contribution in [0, 0.1) is 0 Å². The third-order valence-electron chi connectivity index (χ3n) is 3.17. The Balaban J connectivity index is 0.00000220. The topological polar surface area (TPSA) is 64.8 Å². The van der Waals surface area contributed by atoms with E-state index in [0.717, 1.165) is 0 Å². The summed E-state index contributed by atoms with van der Waals surface area (Å²) in [6.07, 6.45) is -0.656. The minimum absolute atomic E-state index is 0. The molecule has 2 rings (SSSR count). The van der Waals surface area contributed by atoms with Crippen molar-refractivity contribution >= 4 is 29.9 Å². The minimum atomic E-state index is -0.565. The molecule has 2 N–H and O–H groups in total. The van der Waals surface area contributed by atoms with Crippen LogP contribution in [0.3, 0.4) is 0 Å². The van der Waals surface area contributed by atoms with Crippen LogP contribution in [0.2, 0.25) is 5.02 Å². The fourth-order valence-corrected chi connectivity index (χ4v) is 2.29. The molecule has 0 spiro atoms. The molecule has 1 aliphatic heterocycles. The van der Waals surface area contributed by atoms with Crippen molar-refractivity contribution in [2.75, 3.05) is 26.2 Å². The number of halogens is 2. The quantitative estimate of drug-likeness (QED) is 0.910. The van der Waals surface area contributed by atoms with E-state index in [9.17, 15) is 4.79 Å². The van der Waals surface area contributed by atoms with Crippen LogP contribution in [0.15, 0.2) is 24.3 Å². The maximum absolute atomic E-state index is 12.3. The maximum atomic E-state index is 12.3. The van der Waals surface area contributed by atoms with E-state index < -0.39 is 6.10 Å². The highest BCUT2D eigenvalue weighted by Crippen LogP contribution is 2.19. The fraction of sp³-hybridized carbons (Fsp3) is 0.500. The van der Waals surface area contributed by atoms with Gasteiger partial charge in [-0.05, 0) is 25.1 Å². The lowest BCUT2D eigenvalue weighted by atomic mass is 10.2. The van der Waals surface area contributed by atoms with Gasteiger partial charge in [-0.2, -0.15) is 0 Å². The van der Waals surface area contributed by atoms with Gasteiger partial charge in [0.05, 0.1) is 12.7 Å². The first-order valence-corrected chi connectivity index (χ1v) is 7.00. The molecular weight excluding hydrogens is 315 g/mol. The van der Waals surface area contributed by atoms with E-state index >= 15 is 0 Å². The number of amides is 1. The third-order valence-corrected chi connectivity index (χ3v) is 3.41. The summed E-state index contributed by atoms with van der Waals surface area (Å²) in [5, 5.41) is 0.580. The predicted molar refractivity (Wildman–Crippen MR) is 84.2 cm³/mol. The Morgan fingerprint density at radius 2 is 2.38 bits per heavy atom. The lowest BCUT2D eigenvalue weighted by Gasteiger charge is -2.33. The van der Waals surface area contributed by atoms with Gasteiger partial charge in [-0.3, -0.25) is 4.79 Å². The van der Waals surface area contributed by atoms with Gasteiger partial charge >= 0.3 is 0 Å². The SMILES string of the molecule is CC(Oc1cccc(Cl)c1)C(=O)N1CCOC(CN)C1.Cl. The Kier molecular flexibility index (Phi) is 7.25. The molecule has 0 bridgehead atoms. The molecule has 5 nitrogen and oxygen atoms in total. The number of hydrogen-bond acceptors (Lipinski definition) is 4. The molecule has 0 saturated carbocycles. The summed E-state index contributed by atoms with van der Waals surface area (Å²) in [6.45, 7) is 3.73. The van der Waals surface area contributed by atoms with Crippen LogP contribution in [0.5, 0.6) is 5.75 Å². The first kappa shape index (κ1) is 18.0. The largest absolute Gasteiger partial charge is 0.481 e. The monoisotopic (exact) mass is 334 g/mol. The second kappa shape index (κ2) is 8.44. The second-order valence-electron chi connectivity index (χ2n) is 4.73. The van der Waals surface area contributed by atoms with Crippen molar-refractivity contribution in [3.63, 3.8) is 0 Å². The zero-order chi connectivity index (χ0) is 14.5. The second-order valence-corrected chi connectivity index (χ2v) is 5.17. The average Bonchev–Trinajstić information content (AvgIpc) is 2.46. The Morgan fingerprint density at radius 3 is 3.05 bits per heavy atom. The van der Waals surface area contributed by atoms with E-state index in [1.54, 1.807) is 36.1 Å². The van der Waals surface area contributed by atoms with Crippen LogP contribution in [0.1, 0.15) is 6.92 Å². The molecule has 1 heterocycles. The van der Waals surface area contributed by atoms with E-state index in [2.05, 4.69) is 0 Å². The molecule has 1 saturated heterocycles. The smallest absolute Gasteiger partial charge is 0.263 e. The standard InChI is InChI=1S/C14H19ClN2O3.ClH/c1-10(20-12-4-2-3-11(15)7-12)14(18)17-5-6-19-13(8-16)9-17;/h2-4,7,10,13H,5-6,8-9,16H2,1H3;1H. The summed E-state index contributed by atoms with van der Waals surface area (Å²) in [7, 11) is 0. The van der Waals surface area contributed by atoms with Crippen LogP contribution in [-0.2, 0) is 9.53 Å². The summed E-state index contributed by atoms with van der Waals surface area (Å²) in [6, 6.07) is 7.01. The molecule has 1 amide bonds. The summed E-state index contributed by atoms with van der Waals surface area (Å²) in [4.78, 5) is 14.1. The number of nitrogens with two attached hydrogens (primary N) is 1. The summed E-state index contributed by atoms with van der Waals surface area (Å²) in [5.74, 6) is 0.522. The Bertz CT molecular complexity index is 473. The number of ether oxygens (including phenoxy) is 2. The first-order chi connectivity index (χ1) is 9.60. The van der Waals surface area contributed by atoms with E-state index in [4.69, 9.17) is 26.8 Å². The number of morpholine rings is 1. The van der Waals surface area contributed by atoms with Crippen molar-refractivity contribution in [1.29, 1.82) is 0 Å². The zero-order valence-corrected chi connectivity index (χ0v) is 13.4. The van der Waals surface area contributed by atoms with Gasteiger partial charge in [-0.25, -0.2) is 0 Å². The van der Waals surface area contributed by atoms with Crippen molar-refractivity contribution in [2.24, 2.45) is 5.73 Å². The summed E-state index contributed by atoms with van der Waals surface area (Å²) < 4.78 is 11.1. The molecule has 118 valence electrons. The van der Waals surface area contributed by atoms with Gasteiger partial charge in [-0.15, -0.1) is 12.4 Å². The van der Waals surface area contributed by atoms with Crippen LogP contribution >= 0.6 is 24.0 Å². The molecule has 7 heteroatoms. The van der Waals surface area contributed by atoms with Crippen molar-refractivity contribution < 1.29 is 14.3 Å². The van der Waals surface area contributed by atoms with Gasteiger partial charge in [0, 0.05) is 24.7 Å². The maximum Gasteiger partial charge on any atom is 0.263 e. The molecule has 1 aromatic carbocycles. The molecule has 2 atom stereocenters. The number of rotatable bonds is 4. The molecule has 21 heavy (non-hydrogen) atoms. The predicted octanol–water partition coefficient (Wildman–Crippen LogP) is 1.72. The number of benzene rings is 1. The van der Waals surface area contributed by atoms with Gasteiger partial charge in [0.15, 0.2) is 6.10 Å². The van der Waals surface area contributed by atoms with Crippen molar-refractivity contribution in [2.45, 2.75) is 19.1 Å². The molecule has 1 fully saturated rings. The number of carbonyl (C=O) groups is 1. The van der Waals surface area contributed by atoms with Crippen molar-refractivity contribution in [1.82, 2.24) is 4.90 Å². The highest BCUT2D eigenvalue weighted by Gasteiger charge is 2.27. The van der Waals surface area contributed by atoms with Gasteiger partial charge in [0.1, 0.15) is 5.75 Å². The normalized spacial score (nSPS) is 19.6. The van der Waals surface area contributed by atoms with Crippen LogP contribution in [0.25, 0.3) is 0 Å². The Hall–Kier alpha value is -1.01. The van der Waals surface area contributed by atoms with Crippen molar-refractivity contribution in [3.8, 4) is 5.75 Å². The van der Waals surface area contributed by atoms with E-state index in [1.165, 1.54) is 0 Å². The number of carbonyl (C=O) groups excluding carboxylic acids is 1. The minimum Gasteiger partial charge on any atom is -0.481 e. The third kappa shape index (κ3) is 5.04. The molecule has 0 radical (unpaired) electrons. The molecule has 0 aromatic heterocycles. The lowest BCUT2D eigenvalue weighted by Crippen LogP contribution is -2.51. The fourth-order valence-electron chi connectivity index (χ4n) is 2.11. The Labute approximate surface area is 135 Å². The van der Waals surface area contributed by atoms with Gasteiger partial charge in [0.2, 0.25) is 0 Å². The summed E-state index contributed by atoms with van der Waals surface area (Å²) in [5.41, 5.74) is 5.57. The van der Waals surface area contributed by atoms with Crippen LogP contribution in [-0.4, -0.2) is 49.3 Å².